The van der Waals surface area contributed by atoms with Crippen molar-refractivity contribution >= 4 is 40.7 Å². The Morgan fingerprint density at radius 3 is 2.86 bits per heavy atom. The van der Waals surface area contributed by atoms with Crippen LogP contribution in [0, 0.1) is 18.2 Å². The fraction of sp³-hybridized carbons (Fsp3) is 0.379. The lowest BCUT2D eigenvalue weighted by atomic mass is 10.0. The Bertz CT molecular complexity index is 1520. The summed E-state index contributed by atoms with van der Waals surface area (Å²) >= 11 is 7.87. The molecule has 42 heavy (non-hydrogen) atoms. The first-order chi connectivity index (χ1) is 20.3. The molecule has 0 radical (unpaired) electrons. The highest BCUT2D eigenvalue weighted by Crippen LogP contribution is 2.37. The van der Waals surface area contributed by atoms with E-state index in [0.717, 1.165) is 17.7 Å². The zero-order chi connectivity index (χ0) is 29.8. The number of nitrogens with one attached hydrogen (secondary N) is 2. The lowest BCUT2D eigenvalue weighted by Gasteiger charge is -2.31. The van der Waals surface area contributed by atoms with Crippen LogP contribution in [-0.4, -0.2) is 77.3 Å². The Labute approximate surface area is 251 Å². The SMILES string of the molecule is C#C[C@@H](C(=O)N[C@H](CO)c1cc(F)cc(OC)c1)N1CCc2sc(-c3nc(NC4CCOCC4)ncc3Cl)cc2C1=O. The number of methoxy groups -OCH3 is 1. The first kappa shape index (κ1) is 29.7. The van der Waals surface area contributed by atoms with Crippen molar-refractivity contribution in [1.29, 1.82) is 0 Å². The molecule has 3 aromatic rings. The van der Waals surface area contributed by atoms with Crippen LogP contribution < -0.4 is 15.4 Å². The number of aromatic nitrogens is 2. The summed E-state index contributed by atoms with van der Waals surface area (Å²) in [5, 5.41) is 16.2. The Hall–Kier alpha value is -3.76. The van der Waals surface area contributed by atoms with Gasteiger partial charge in [-0.25, -0.2) is 14.4 Å². The zero-order valence-corrected chi connectivity index (χ0v) is 24.3. The van der Waals surface area contributed by atoms with E-state index >= 15 is 0 Å². The number of benzene rings is 1. The van der Waals surface area contributed by atoms with Gasteiger partial charge in [-0.2, -0.15) is 0 Å². The van der Waals surface area contributed by atoms with Crippen molar-refractivity contribution in [3.63, 3.8) is 0 Å². The summed E-state index contributed by atoms with van der Waals surface area (Å²) in [5.41, 5.74) is 1.21. The first-order valence-corrected chi connectivity index (χ1v) is 14.5. The smallest absolute Gasteiger partial charge is 0.256 e. The molecule has 2 aliphatic rings. The summed E-state index contributed by atoms with van der Waals surface area (Å²) in [6, 6.07) is 3.55. The molecule has 1 fully saturated rings. The van der Waals surface area contributed by atoms with Crippen LogP contribution in [0.1, 0.15) is 39.7 Å². The molecule has 2 atom stereocenters. The summed E-state index contributed by atoms with van der Waals surface area (Å²) in [5.74, 6) is 1.40. The van der Waals surface area contributed by atoms with Crippen molar-refractivity contribution < 1.29 is 28.6 Å². The van der Waals surface area contributed by atoms with Crippen molar-refractivity contribution in [2.24, 2.45) is 0 Å². The van der Waals surface area contributed by atoms with Crippen molar-refractivity contribution in [3.05, 3.63) is 57.3 Å². The van der Waals surface area contributed by atoms with E-state index in [9.17, 15) is 19.1 Å². The summed E-state index contributed by atoms with van der Waals surface area (Å²) < 4.78 is 24.5. The largest absolute Gasteiger partial charge is 0.497 e. The highest BCUT2D eigenvalue weighted by molar-refractivity contribution is 7.16. The van der Waals surface area contributed by atoms with Crippen LogP contribution >= 0.6 is 22.9 Å². The molecule has 0 spiro atoms. The molecule has 0 saturated carbocycles. The van der Waals surface area contributed by atoms with E-state index in [2.05, 4.69) is 26.5 Å². The molecule has 4 heterocycles. The number of carbonyl (C=O) groups is 2. The molecule has 10 nitrogen and oxygen atoms in total. The van der Waals surface area contributed by atoms with E-state index in [-0.39, 0.29) is 18.3 Å². The number of ether oxygens (including phenoxy) is 2. The standard InChI is InChI=1S/C29H29ClFN5O5S/c1-3-23(27(38)34-22(15-37)16-10-17(31)12-19(11-16)40-2)36-7-4-24-20(28(36)39)13-25(42-24)26-21(30)14-32-29(35-26)33-18-5-8-41-9-6-18/h1,10-14,18,22-23,37H,4-9,15H2,2H3,(H,34,38)(H,32,33,35)/t22-,23+/m1/s1. The van der Waals surface area contributed by atoms with Gasteiger partial charge < -0.3 is 30.1 Å². The van der Waals surface area contributed by atoms with E-state index in [1.807, 2.05) is 0 Å². The van der Waals surface area contributed by atoms with Crippen molar-refractivity contribution in [2.45, 2.75) is 37.4 Å². The van der Waals surface area contributed by atoms with Crippen molar-refractivity contribution in [2.75, 3.05) is 38.8 Å². The van der Waals surface area contributed by atoms with Gasteiger partial charge in [0, 0.05) is 43.2 Å². The third kappa shape index (κ3) is 6.34. The third-order valence-corrected chi connectivity index (χ3v) is 8.64. The topological polar surface area (TPSA) is 126 Å². The fourth-order valence-electron chi connectivity index (χ4n) is 4.97. The van der Waals surface area contributed by atoms with Crippen LogP contribution in [-0.2, 0) is 16.0 Å². The minimum Gasteiger partial charge on any atom is -0.497 e. The quantitative estimate of drug-likeness (QED) is 0.314. The Morgan fingerprint density at radius 2 is 2.14 bits per heavy atom. The van der Waals surface area contributed by atoms with E-state index in [1.54, 1.807) is 6.07 Å². The number of terminal acetylenes is 1. The number of anilines is 1. The van der Waals surface area contributed by atoms with Crippen LogP contribution in [0.5, 0.6) is 5.75 Å². The molecule has 220 valence electrons. The molecule has 1 saturated heterocycles. The van der Waals surface area contributed by atoms with Gasteiger partial charge in [0.05, 0.1) is 41.4 Å². The number of halogens is 2. The van der Waals surface area contributed by atoms with Gasteiger partial charge in [0.25, 0.3) is 11.8 Å². The number of hydrogen-bond acceptors (Lipinski definition) is 9. The first-order valence-electron chi connectivity index (χ1n) is 13.3. The van der Waals surface area contributed by atoms with Crippen LogP contribution in [0.25, 0.3) is 10.6 Å². The molecule has 0 bridgehead atoms. The molecule has 1 aromatic carbocycles. The molecule has 3 N–H and O–H groups in total. The van der Waals surface area contributed by atoms with Crippen LogP contribution in [0.3, 0.4) is 0 Å². The number of rotatable bonds is 9. The number of carbonyl (C=O) groups excluding carboxylic acids is 2. The lowest BCUT2D eigenvalue weighted by Crippen LogP contribution is -2.52. The van der Waals surface area contributed by atoms with E-state index in [1.165, 1.54) is 47.7 Å². The number of fused-ring (bicyclic) bond motifs is 1. The van der Waals surface area contributed by atoms with Crippen LogP contribution in [0.2, 0.25) is 5.02 Å². The molecule has 0 aliphatic carbocycles. The zero-order valence-electron chi connectivity index (χ0n) is 22.7. The average molecular weight is 614 g/mol. The molecule has 2 aromatic heterocycles. The molecule has 0 unspecified atom stereocenters. The number of amides is 2. The van der Waals surface area contributed by atoms with E-state index in [0.29, 0.717) is 52.3 Å². The van der Waals surface area contributed by atoms with Crippen molar-refractivity contribution in [3.8, 4) is 28.7 Å². The second-order valence-corrected chi connectivity index (χ2v) is 11.4. The summed E-state index contributed by atoms with van der Waals surface area (Å²) in [6.07, 6.45) is 9.42. The second kappa shape index (κ2) is 13.0. The predicted molar refractivity (Wildman–Crippen MR) is 156 cm³/mol. The minimum absolute atomic E-state index is 0.194. The highest BCUT2D eigenvalue weighted by atomic mass is 35.5. The molecule has 2 amide bonds. The van der Waals surface area contributed by atoms with Gasteiger partial charge in [-0.15, -0.1) is 17.8 Å². The molecule has 5 rings (SSSR count). The lowest BCUT2D eigenvalue weighted by molar-refractivity contribution is -0.125. The van der Waals surface area contributed by atoms with E-state index < -0.39 is 36.3 Å². The number of aliphatic hydroxyl groups is 1. The van der Waals surface area contributed by atoms with Gasteiger partial charge in [-0.1, -0.05) is 17.5 Å². The van der Waals surface area contributed by atoms with Gasteiger partial charge in [-0.3, -0.25) is 9.59 Å². The highest BCUT2D eigenvalue weighted by Gasteiger charge is 2.35. The van der Waals surface area contributed by atoms with Crippen LogP contribution in [0.15, 0.2) is 30.5 Å². The summed E-state index contributed by atoms with van der Waals surface area (Å²) in [4.78, 5) is 38.6. The van der Waals surface area contributed by atoms with Crippen molar-refractivity contribution in [1.82, 2.24) is 20.2 Å². The van der Waals surface area contributed by atoms with Gasteiger partial charge in [0.15, 0.2) is 6.04 Å². The summed E-state index contributed by atoms with van der Waals surface area (Å²) in [6.45, 7) is 1.03. The van der Waals surface area contributed by atoms with Crippen LogP contribution in [0.4, 0.5) is 10.3 Å². The average Bonchev–Trinajstić information content (AvgIpc) is 3.43. The second-order valence-electron chi connectivity index (χ2n) is 9.85. The minimum atomic E-state index is -1.25. The predicted octanol–water partition coefficient (Wildman–Crippen LogP) is 3.45. The normalized spacial score (nSPS) is 16.7. The van der Waals surface area contributed by atoms with Gasteiger partial charge in [0.1, 0.15) is 17.3 Å². The molecule has 13 heteroatoms. The fourth-order valence-corrected chi connectivity index (χ4v) is 6.36. The maximum atomic E-state index is 14.1. The molecular weight excluding hydrogens is 585 g/mol. The third-order valence-electron chi connectivity index (χ3n) is 7.16. The van der Waals surface area contributed by atoms with Gasteiger partial charge in [0.2, 0.25) is 5.95 Å². The maximum absolute atomic E-state index is 14.1. The van der Waals surface area contributed by atoms with Gasteiger partial charge >= 0.3 is 0 Å². The number of hydrogen-bond donors (Lipinski definition) is 3. The maximum Gasteiger partial charge on any atom is 0.256 e. The number of nitrogens with zero attached hydrogens (tertiary/aromatic N) is 3. The number of thiophene rings is 1. The summed E-state index contributed by atoms with van der Waals surface area (Å²) in [7, 11) is 1.38. The Kier molecular flexibility index (Phi) is 9.23. The molecular formula is C29H29ClFN5O5S. The number of aliphatic hydroxyl groups excluding tert-OH is 1. The Morgan fingerprint density at radius 1 is 1.36 bits per heavy atom. The van der Waals surface area contributed by atoms with Gasteiger partial charge in [-0.05, 0) is 36.6 Å². The van der Waals surface area contributed by atoms with E-state index in [4.69, 9.17) is 27.5 Å². The Balaban J connectivity index is 1.33. The molecule has 2 aliphatic heterocycles. The monoisotopic (exact) mass is 613 g/mol.